The molecule has 24 heavy (non-hydrogen) atoms. The molecule has 2 heterocycles. The second-order valence-electron chi connectivity index (χ2n) is 5.83. The van der Waals surface area contributed by atoms with Gasteiger partial charge in [0.05, 0.1) is 5.52 Å². The van der Waals surface area contributed by atoms with Crippen LogP contribution in [0.3, 0.4) is 0 Å². The number of hydrogen-bond acceptors (Lipinski definition) is 1. The summed E-state index contributed by atoms with van der Waals surface area (Å²) in [6, 6.07) is 8.75. The molecule has 0 radical (unpaired) electrons. The summed E-state index contributed by atoms with van der Waals surface area (Å²) < 4.78 is 17.0. The highest BCUT2D eigenvalue weighted by atomic mass is 79.9. The minimum absolute atomic E-state index is 0.213. The topological polar surface area (TPSA) is 4.93 Å². The van der Waals surface area contributed by atoms with Gasteiger partial charge in [0.25, 0.3) is 0 Å². The third-order valence-electron chi connectivity index (χ3n) is 4.37. The Balaban J connectivity index is 1.94. The van der Waals surface area contributed by atoms with Gasteiger partial charge in [-0.25, -0.2) is 4.39 Å². The van der Waals surface area contributed by atoms with Gasteiger partial charge >= 0.3 is 0 Å². The molecule has 0 saturated heterocycles. The van der Waals surface area contributed by atoms with Crippen molar-refractivity contribution in [1.82, 2.24) is 4.57 Å². The van der Waals surface area contributed by atoms with E-state index in [4.69, 9.17) is 23.2 Å². The first-order chi connectivity index (χ1) is 11.5. The fourth-order valence-corrected chi connectivity index (χ4v) is 5.43. The highest BCUT2D eigenvalue weighted by molar-refractivity contribution is 9.10. The molecule has 3 aromatic rings. The molecule has 1 aliphatic rings. The van der Waals surface area contributed by atoms with E-state index in [1.54, 1.807) is 12.1 Å². The lowest BCUT2D eigenvalue weighted by Crippen LogP contribution is -2.10. The van der Waals surface area contributed by atoms with E-state index in [0.717, 1.165) is 38.9 Å². The lowest BCUT2D eigenvalue weighted by Gasteiger charge is -2.17. The fraction of sp³-hybridized carbons (Fsp3) is 0.222. The number of rotatable bonds is 2. The van der Waals surface area contributed by atoms with Crippen molar-refractivity contribution >= 4 is 61.8 Å². The Morgan fingerprint density at radius 3 is 2.83 bits per heavy atom. The van der Waals surface area contributed by atoms with Crippen LogP contribution in [0.2, 0.25) is 10.0 Å². The van der Waals surface area contributed by atoms with Crippen LogP contribution in [0.4, 0.5) is 4.39 Å². The van der Waals surface area contributed by atoms with Crippen molar-refractivity contribution in [3.05, 3.63) is 67.5 Å². The van der Waals surface area contributed by atoms with E-state index in [0.29, 0.717) is 16.6 Å². The van der Waals surface area contributed by atoms with E-state index in [2.05, 4.69) is 20.5 Å². The molecule has 0 N–H and O–H groups in total. The van der Waals surface area contributed by atoms with Gasteiger partial charge in [-0.2, -0.15) is 11.8 Å². The summed E-state index contributed by atoms with van der Waals surface area (Å²) in [4.78, 5) is 0. The Hall–Kier alpha value is -0.680. The van der Waals surface area contributed by atoms with E-state index in [1.807, 2.05) is 23.9 Å². The third-order valence-corrected chi connectivity index (χ3v) is 6.55. The Morgan fingerprint density at radius 2 is 2.04 bits per heavy atom. The molecule has 0 bridgehead atoms. The van der Waals surface area contributed by atoms with Crippen LogP contribution in [0.25, 0.3) is 10.9 Å². The molecule has 0 spiro atoms. The van der Waals surface area contributed by atoms with Crippen LogP contribution in [0.15, 0.2) is 34.8 Å². The van der Waals surface area contributed by atoms with Gasteiger partial charge in [0.2, 0.25) is 0 Å². The first-order valence-corrected chi connectivity index (χ1v) is 10.3. The van der Waals surface area contributed by atoms with Gasteiger partial charge in [-0.1, -0.05) is 29.3 Å². The zero-order valence-corrected chi connectivity index (χ0v) is 16.5. The van der Waals surface area contributed by atoms with Crippen molar-refractivity contribution in [1.29, 1.82) is 0 Å². The molecule has 1 aliphatic heterocycles. The maximum absolute atomic E-state index is 13.9. The van der Waals surface area contributed by atoms with E-state index in [-0.39, 0.29) is 5.82 Å². The van der Waals surface area contributed by atoms with Crippen LogP contribution >= 0.6 is 50.9 Å². The normalized spacial score (nSPS) is 14.2. The SMILES string of the molecule is Fc1cc(Br)c2c(c1)c1c(n2Cc2ccc(Cl)cc2Cl)CCSC1. The van der Waals surface area contributed by atoms with Crippen molar-refractivity contribution in [3.8, 4) is 0 Å². The summed E-state index contributed by atoms with van der Waals surface area (Å²) in [5, 5.41) is 2.28. The Bertz CT molecular complexity index is 954. The van der Waals surface area contributed by atoms with Gasteiger partial charge in [-0.3, -0.25) is 0 Å². The van der Waals surface area contributed by atoms with Crippen LogP contribution in [-0.4, -0.2) is 10.3 Å². The largest absolute Gasteiger partial charge is 0.339 e. The zero-order chi connectivity index (χ0) is 16.8. The van der Waals surface area contributed by atoms with Crippen molar-refractivity contribution in [2.24, 2.45) is 0 Å². The Labute approximate surface area is 162 Å². The van der Waals surface area contributed by atoms with Crippen molar-refractivity contribution in [2.75, 3.05) is 5.75 Å². The zero-order valence-electron chi connectivity index (χ0n) is 12.6. The summed E-state index contributed by atoms with van der Waals surface area (Å²) in [5.41, 5.74) is 4.57. The molecule has 6 heteroatoms. The Kier molecular flexibility index (Phi) is 4.59. The first kappa shape index (κ1) is 16.8. The van der Waals surface area contributed by atoms with Crippen molar-refractivity contribution in [2.45, 2.75) is 18.7 Å². The van der Waals surface area contributed by atoms with E-state index >= 15 is 0 Å². The van der Waals surface area contributed by atoms with Crippen LogP contribution < -0.4 is 0 Å². The number of halogens is 4. The monoisotopic (exact) mass is 443 g/mol. The maximum atomic E-state index is 13.9. The van der Waals surface area contributed by atoms with Gasteiger partial charge in [-0.15, -0.1) is 0 Å². The average molecular weight is 445 g/mol. The summed E-state index contributed by atoms with van der Waals surface area (Å²) in [5.74, 6) is 1.79. The Morgan fingerprint density at radius 1 is 1.21 bits per heavy atom. The van der Waals surface area contributed by atoms with Gasteiger partial charge in [-0.05, 0) is 63.5 Å². The second kappa shape index (κ2) is 6.56. The molecule has 2 aromatic carbocycles. The lowest BCUT2D eigenvalue weighted by atomic mass is 10.1. The summed E-state index contributed by atoms with van der Waals surface area (Å²) >= 11 is 17.8. The standard InChI is InChI=1S/C18H13BrCl2FNS/c19-15-7-12(22)6-13-14-9-24-4-3-17(14)23(18(13)15)8-10-1-2-11(20)5-16(10)21/h1-2,5-7H,3-4,8-9H2. The number of benzene rings is 2. The lowest BCUT2D eigenvalue weighted by molar-refractivity contribution is 0.628. The van der Waals surface area contributed by atoms with Gasteiger partial charge in [0, 0.05) is 37.9 Å². The quantitative estimate of drug-likeness (QED) is 0.426. The molecule has 0 saturated carbocycles. The molecule has 0 atom stereocenters. The van der Waals surface area contributed by atoms with E-state index in [1.165, 1.54) is 17.3 Å². The van der Waals surface area contributed by atoms with Crippen LogP contribution in [0.1, 0.15) is 16.8 Å². The van der Waals surface area contributed by atoms with E-state index in [9.17, 15) is 4.39 Å². The average Bonchev–Trinajstić information content (AvgIpc) is 2.85. The smallest absolute Gasteiger partial charge is 0.125 e. The number of nitrogens with zero attached hydrogens (tertiary/aromatic N) is 1. The third kappa shape index (κ3) is 2.88. The minimum Gasteiger partial charge on any atom is -0.339 e. The molecule has 1 aromatic heterocycles. The summed E-state index contributed by atoms with van der Waals surface area (Å²) in [7, 11) is 0. The predicted molar refractivity (Wildman–Crippen MR) is 105 cm³/mol. The number of hydrogen-bond donors (Lipinski definition) is 0. The minimum atomic E-state index is -0.213. The highest BCUT2D eigenvalue weighted by Gasteiger charge is 2.23. The van der Waals surface area contributed by atoms with E-state index < -0.39 is 0 Å². The molecule has 0 amide bonds. The second-order valence-corrected chi connectivity index (χ2v) is 8.64. The van der Waals surface area contributed by atoms with Gasteiger partial charge in [0.15, 0.2) is 0 Å². The number of thioether (sulfide) groups is 1. The van der Waals surface area contributed by atoms with Crippen LogP contribution in [0, 0.1) is 5.82 Å². The molecule has 1 nitrogen and oxygen atoms in total. The highest BCUT2D eigenvalue weighted by Crippen LogP contribution is 2.38. The molecule has 0 aliphatic carbocycles. The summed E-state index contributed by atoms with van der Waals surface area (Å²) in [6.45, 7) is 0.650. The predicted octanol–water partition coefficient (Wildman–Crippen LogP) is 6.69. The molecular weight excluding hydrogens is 432 g/mol. The van der Waals surface area contributed by atoms with Crippen molar-refractivity contribution in [3.63, 3.8) is 0 Å². The van der Waals surface area contributed by atoms with Gasteiger partial charge in [0.1, 0.15) is 5.82 Å². The molecule has 0 fully saturated rings. The number of aromatic nitrogens is 1. The molecular formula is C18H13BrCl2FNS. The molecule has 124 valence electrons. The van der Waals surface area contributed by atoms with Gasteiger partial charge < -0.3 is 4.57 Å². The maximum Gasteiger partial charge on any atom is 0.125 e. The molecule has 0 unspecified atom stereocenters. The fourth-order valence-electron chi connectivity index (χ4n) is 3.31. The van der Waals surface area contributed by atoms with Crippen molar-refractivity contribution < 1.29 is 4.39 Å². The molecule has 4 rings (SSSR count). The van der Waals surface area contributed by atoms with Crippen LogP contribution in [0.5, 0.6) is 0 Å². The number of fused-ring (bicyclic) bond motifs is 3. The summed E-state index contributed by atoms with van der Waals surface area (Å²) in [6.07, 6.45) is 0.980. The van der Waals surface area contributed by atoms with Crippen LogP contribution in [-0.2, 0) is 18.7 Å². The first-order valence-electron chi connectivity index (χ1n) is 7.55.